The molecule has 1 heterocycles. The second kappa shape index (κ2) is 5.40. The van der Waals surface area contributed by atoms with Crippen molar-refractivity contribution in [1.29, 1.82) is 0 Å². The molecule has 0 bridgehead atoms. The van der Waals surface area contributed by atoms with E-state index in [-0.39, 0.29) is 35.7 Å². The molecule has 1 aliphatic carbocycles. The van der Waals surface area contributed by atoms with Gasteiger partial charge in [0.15, 0.2) is 5.76 Å². The summed E-state index contributed by atoms with van der Waals surface area (Å²) in [6.07, 6.45) is 2.53. The molecule has 5 heteroatoms. The van der Waals surface area contributed by atoms with Crippen LogP contribution in [0.3, 0.4) is 0 Å². The molecule has 2 aliphatic rings. The zero-order valence-corrected chi connectivity index (χ0v) is 12.5. The van der Waals surface area contributed by atoms with Gasteiger partial charge >= 0.3 is 5.97 Å². The predicted molar refractivity (Wildman–Crippen MR) is 79.6 cm³/mol. The number of hydrogen-bond acceptors (Lipinski definition) is 5. The average molecular weight is 302 g/mol. The Labute approximate surface area is 128 Å². The summed E-state index contributed by atoms with van der Waals surface area (Å²) in [6.45, 7) is 2.01. The smallest absolute Gasteiger partial charge is 0.312 e. The molecule has 1 aliphatic heterocycles. The highest BCUT2D eigenvalue weighted by Gasteiger charge is 2.34. The van der Waals surface area contributed by atoms with Crippen LogP contribution in [0.2, 0.25) is 0 Å². The van der Waals surface area contributed by atoms with Gasteiger partial charge in [-0.1, -0.05) is 18.6 Å². The summed E-state index contributed by atoms with van der Waals surface area (Å²) < 4.78 is 10.4. The van der Waals surface area contributed by atoms with E-state index in [4.69, 9.17) is 9.47 Å². The van der Waals surface area contributed by atoms with Crippen molar-refractivity contribution in [2.75, 3.05) is 7.11 Å². The van der Waals surface area contributed by atoms with Crippen molar-refractivity contribution >= 4 is 5.97 Å². The van der Waals surface area contributed by atoms with E-state index in [1.807, 2.05) is 13.0 Å². The van der Waals surface area contributed by atoms with Crippen LogP contribution >= 0.6 is 0 Å². The van der Waals surface area contributed by atoms with Crippen LogP contribution < -0.4 is 4.74 Å². The minimum Gasteiger partial charge on any atom is -0.508 e. The van der Waals surface area contributed by atoms with Crippen molar-refractivity contribution in [2.24, 2.45) is 5.92 Å². The molecule has 0 aromatic heterocycles. The summed E-state index contributed by atoms with van der Waals surface area (Å²) >= 11 is 0. The van der Waals surface area contributed by atoms with Crippen LogP contribution in [0.25, 0.3) is 0 Å². The molecule has 2 atom stereocenters. The van der Waals surface area contributed by atoms with Gasteiger partial charge in [-0.05, 0) is 18.1 Å². The third-order valence-corrected chi connectivity index (χ3v) is 4.24. The Kier molecular flexibility index (Phi) is 3.56. The van der Waals surface area contributed by atoms with Crippen LogP contribution in [0.4, 0.5) is 0 Å². The lowest BCUT2D eigenvalue weighted by Gasteiger charge is -2.32. The van der Waals surface area contributed by atoms with E-state index in [2.05, 4.69) is 0 Å². The Hall–Kier alpha value is -2.43. The van der Waals surface area contributed by atoms with Crippen LogP contribution in [-0.4, -0.2) is 23.3 Å². The van der Waals surface area contributed by atoms with Crippen molar-refractivity contribution in [2.45, 2.75) is 25.7 Å². The Morgan fingerprint density at radius 1 is 1.27 bits per heavy atom. The van der Waals surface area contributed by atoms with E-state index in [1.165, 1.54) is 13.2 Å². The second-order valence-electron chi connectivity index (χ2n) is 5.72. The van der Waals surface area contributed by atoms with Crippen molar-refractivity contribution in [3.8, 4) is 11.5 Å². The number of allylic oxidation sites excluding steroid dienone is 3. The van der Waals surface area contributed by atoms with Crippen LogP contribution in [0.15, 0.2) is 41.4 Å². The molecule has 0 spiro atoms. The number of aromatic hydroxyl groups is 1. The predicted octanol–water partition coefficient (Wildman–Crippen LogP) is 3.17. The van der Waals surface area contributed by atoms with Crippen molar-refractivity contribution in [3.63, 3.8) is 0 Å². The first-order chi connectivity index (χ1) is 10.5. The number of benzene rings is 1. The average Bonchev–Trinajstić information content (AvgIpc) is 2.46. The van der Waals surface area contributed by atoms with Crippen LogP contribution in [0, 0.1) is 5.92 Å². The molecule has 1 aromatic rings. The molecule has 22 heavy (non-hydrogen) atoms. The Bertz CT molecular complexity index is 686. The fourth-order valence-corrected chi connectivity index (χ4v) is 3.14. The van der Waals surface area contributed by atoms with Gasteiger partial charge in [0.2, 0.25) is 0 Å². The maximum absolute atomic E-state index is 11.9. The van der Waals surface area contributed by atoms with Crippen molar-refractivity contribution in [1.82, 2.24) is 0 Å². The second-order valence-corrected chi connectivity index (χ2v) is 5.72. The van der Waals surface area contributed by atoms with E-state index in [1.54, 1.807) is 12.1 Å². The molecule has 1 aromatic carbocycles. The number of aliphatic hydroxyl groups is 1. The van der Waals surface area contributed by atoms with Gasteiger partial charge in [0.05, 0.1) is 13.5 Å². The number of carbonyl (C=O) groups is 1. The summed E-state index contributed by atoms with van der Waals surface area (Å²) in [5.74, 6) is 0.756. The third kappa shape index (κ3) is 2.43. The number of methoxy groups -OCH3 is 1. The third-order valence-electron chi connectivity index (χ3n) is 4.24. The van der Waals surface area contributed by atoms with Gasteiger partial charge in [0.25, 0.3) is 0 Å². The molecule has 2 N–H and O–H groups in total. The summed E-state index contributed by atoms with van der Waals surface area (Å²) in [6, 6.07) is 4.82. The van der Waals surface area contributed by atoms with E-state index < -0.39 is 0 Å². The molecule has 0 fully saturated rings. The van der Waals surface area contributed by atoms with E-state index in [9.17, 15) is 15.0 Å². The largest absolute Gasteiger partial charge is 0.508 e. The number of hydrogen-bond donors (Lipinski definition) is 2. The summed E-state index contributed by atoms with van der Waals surface area (Å²) in [4.78, 5) is 11.9. The first kappa shape index (κ1) is 14.5. The molecule has 0 saturated heterocycles. The summed E-state index contributed by atoms with van der Waals surface area (Å²) in [7, 11) is 1.51. The molecule has 1 unspecified atom stereocenters. The number of phenols is 1. The Morgan fingerprint density at radius 2 is 2.05 bits per heavy atom. The fraction of sp³-hybridized carbons (Fsp3) is 0.353. The molecule has 116 valence electrons. The van der Waals surface area contributed by atoms with Gasteiger partial charge in [0.1, 0.15) is 17.3 Å². The number of aliphatic hydroxyl groups excluding tert-OH is 1. The Morgan fingerprint density at radius 3 is 2.77 bits per heavy atom. The molecule has 0 amide bonds. The molecule has 0 radical (unpaired) electrons. The monoisotopic (exact) mass is 302 g/mol. The molecule has 0 saturated carbocycles. The fourth-order valence-electron chi connectivity index (χ4n) is 3.14. The lowest BCUT2D eigenvalue weighted by Crippen LogP contribution is -2.25. The van der Waals surface area contributed by atoms with Gasteiger partial charge in [0, 0.05) is 24.0 Å². The highest BCUT2D eigenvalue weighted by Crippen LogP contribution is 2.45. The standard InChI is InChI=1S/C17H18O5/c1-9-5-14(19)16(21-2)7-12(9)13-8-17(20)22-15-6-10(18)3-4-11(13)15/h3-4,6-7,9,13,18-19H,5,8H2,1-2H3/t9?,13-/m1/s1. The topological polar surface area (TPSA) is 76.0 Å². The number of fused-ring (bicyclic) bond motifs is 1. The number of carbonyl (C=O) groups excluding carboxylic acids is 1. The van der Waals surface area contributed by atoms with Gasteiger partial charge in [-0.2, -0.15) is 0 Å². The lowest BCUT2D eigenvalue weighted by molar-refractivity contribution is -0.135. The van der Waals surface area contributed by atoms with Crippen molar-refractivity contribution < 1.29 is 24.5 Å². The number of esters is 1. The zero-order chi connectivity index (χ0) is 15.9. The first-order valence-electron chi connectivity index (χ1n) is 7.20. The number of phenolic OH excluding ortho intramolecular Hbond substituents is 1. The number of rotatable bonds is 2. The highest BCUT2D eigenvalue weighted by molar-refractivity contribution is 5.78. The normalized spacial score (nSPS) is 24.5. The van der Waals surface area contributed by atoms with E-state index >= 15 is 0 Å². The molecular formula is C17H18O5. The molecule has 3 rings (SSSR count). The van der Waals surface area contributed by atoms with E-state index in [0.29, 0.717) is 17.9 Å². The highest BCUT2D eigenvalue weighted by atomic mass is 16.5. The maximum atomic E-state index is 11.9. The van der Waals surface area contributed by atoms with Gasteiger partial charge in [-0.3, -0.25) is 4.79 Å². The van der Waals surface area contributed by atoms with Gasteiger partial charge < -0.3 is 19.7 Å². The van der Waals surface area contributed by atoms with Gasteiger partial charge in [-0.15, -0.1) is 0 Å². The SMILES string of the molecule is COC1=C(O)CC(C)C([C@@H]2CC(=O)Oc3cc(O)ccc32)=C1. The van der Waals surface area contributed by atoms with Crippen molar-refractivity contribution in [3.05, 3.63) is 46.9 Å². The van der Waals surface area contributed by atoms with Gasteiger partial charge in [-0.25, -0.2) is 0 Å². The zero-order valence-electron chi connectivity index (χ0n) is 12.5. The minimum atomic E-state index is -0.325. The number of ether oxygens (including phenoxy) is 2. The van der Waals surface area contributed by atoms with Crippen LogP contribution in [0.1, 0.15) is 31.2 Å². The minimum absolute atomic E-state index is 0.0630. The van der Waals surface area contributed by atoms with Crippen LogP contribution in [0.5, 0.6) is 11.5 Å². The quantitative estimate of drug-likeness (QED) is 0.648. The summed E-state index contributed by atoms with van der Waals surface area (Å²) in [5.41, 5.74) is 1.89. The summed E-state index contributed by atoms with van der Waals surface area (Å²) in [5, 5.41) is 19.5. The van der Waals surface area contributed by atoms with Crippen LogP contribution in [-0.2, 0) is 9.53 Å². The Balaban J connectivity index is 2.07. The first-order valence-corrected chi connectivity index (χ1v) is 7.20. The molecular weight excluding hydrogens is 284 g/mol. The lowest BCUT2D eigenvalue weighted by atomic mass is 9.77. The maximum Gasteiger partial charge on any atom is 0.312 e. The van der Waals surface area contributed by atoms with E-state index in [0.717, 1.165) is 11.1 Å². The molecule has 5 nitrogen and oxygen atoms in total.